The second kappa shape index (κ2) is 7.30. The number of carbonyl (C=O) groups is 2. The third-order valence-electron chi connectivity index (χ3n) is 10.0. The Morgan fingerprint density at radius 3 is 2.94 bits per heavy atom. The number of aromatic nitrogens is 2. The van der Waals surface area contributed by atoms with Crippen LogP contribution >= 0.6 is 0 Å². The highest BCUT2D eigenvalue weighted by Gasteiger charge is 2.76. The first-order valence-corrected chi connectivity index (χ1v) is 13.2. The number of fused-ring (bicyclic) bond motifs is 3. The minimum atomic E-state index is -0.175. The van der Waals surface area contributed by atoms with Gasteiger partial charge in [0.2, 0.25) is 0 Å². The molecule has 2 N–H and O–H groups in total. The number of hydrogen-bond donors (Lipinski definition) is 2. The number of amides is 2. The lowest BCUT2D eigenvalue weighted by Gasteiger charge is -2.36. The fourth-order valence-electron chi connectivity index (χ4n) is 8.32. The van der Waals surface area contributed by atoms with E-state index < -0.39 is 0 Å². The minimum absolute atomic E-state index is 0.0684. The molecule has 34 heavy (non-hydrogen) atoms. The lowest BCUT2D eigenvalue weighted by atomic mass is 9.71. The van der Waals surface area contributed by atoms with Crippen molar-refractivity contribution in [1.29, 1.82) is 0 Å². The molecule has 2 aromatic rings. The van der Waals surface area contributed by atoms with Crippen LogP contribution in [0.25, 0.3) is 5.65 Å². The second-order valence-electron chi connectivity index (χ2n) is 12.1. The fraction of sp³-hybridized carbons (Fsp3) is 0.667. The number of hydrogen-bond acceptors (Lipinski definition) is 4. The van der Waals surface area contributed by atoms with E-state index in [1.807, 2.05) is 18.2 Å². The van der Waals surface area contributed by atoms with Gasteiger partial charge in [-0.3, -0.25) is 14.0 Å². The third-order valence-corrected chi connectivity index (χ3v) is 10.0. The smallest absolute Gasteiger partial charge is 0.271 e. The van der Waals surface area contributed by atoms with Crippen molar-refractivity contribution in [3.8, 4) is 0 Å². The summed E-state index contributed by atoms with van der Waals surface area (Å²) in [4.78, 5) is 32.8. The van der Waals surface area contributed by atoms with E-state index in [-0.39, 0.29) is 11.8 Å². The standard InChI is InChI=1S/C27H35N5O2/c1-31-9-3-4-19(31)7-8-28-24(33)21-14-32-22(5-2-6-23(32)30-21)25(34)29-16-26-11-17-10-20(17)27(15-26)13-18(27)12-26/h2,5-6,14,17-20H,3-4,7-13,15-16H2,1H3,(H,28,33)(H,29,34). The van der Waals surface area contributed by atoms with Crippen molar-refractivity contribution in [3.05, 3.63) is 35.8 Å². The molecule has 0 radical (unpaired) electrons. The maximum atomic E-state index is 13.2. The Bertz CT molecular complexity index is 1170. The van der Waals surface area contributed by atoms with Crippen LogP contribution in [0.15, 0.2) is 24.4 Å². The third kappa shape index (κ3) is 3.23. The van der Waals surface area contributed by atoms with Crippen molar-refractivity contribution in [2.75, 3.05) is 26.7 Å². The number of imidazole rings is 1. The number of nitrogens with zero attached hydrogens (tertiary/aromatic N) is 3. The molecule has 1 aliphatic heterocycles. The molecule has 5 aliphatic rings. The number of carbonyl (C=O) groups excluding carboxylic acids is 2. The van der Waals surface area contributed by atoms with Crippen LogP contribution in [0.4, 0.5) is 0 Å². The van der Waals surface area contributed by atoms with Crippen molar-refractivity contribution in [1.82, 2.24) is 24.9 Å². The van der Waals surface area contributed by atoms with Crippen LogP contribution in [0.5, 0.6) is 0 Å². The summed E-state index contributed by atoms with van der Waals surface area (Å²) in [7, 11) is 2.15. The Balaban J connectivity index is 1.01. The van der Waals surface area contributed by atoms with E-state index in [0.717, 1.165) is 37.3 Å². The van der Waals surface area contributed by atoms with E-state index in [2.05, 4.69) is 27.6 Å². The van der Waals surface area contributed by atoms with E-state index in [4.69, 9.17) is 0 Å². The monoisotopic (exact) mass is 461 g/mol. The molecule has 2 bridgehead atoms. The van der Waals surface area contributed by atoms with Gasteiger partial charge in [0.25, 0.3) is 11.8 Å². The Morgan fingerprint density at radius 1 is 1.18 bits per heavy atom. The zero-order chi connectivity index (χ0) is 23.1. The SMILES string of the molecule is CN1CCCC1CCNC(=O)c1cn2c(C(=O)NCC34CC5CC5C5(CC5C3)C4)cccc2n1. The summed E-state index contributed by atoms with van der Waals surface area (Å²) in [5, 5.41) is 6.29. The van der Waals surface area contributed by atoms with E-state index in [1.165, 1.54) is 44.9 Å². The summed E-state index contributed by atoms with van der Waals surface area (Å²) >= 11 is 0. The number of likely N-dealkylation sites (tertiary alicyclic amines) is 1. The first kappa shape index (κ1) is 20.9. The number of pyridine rings is 1. The van der Waals surface area contributed by atoms with Crippen molar-refractivity contribution < 1.29 is 9.59 Å². The quantitative estimate of drug-likeness (QED) is 0.664. The van der Waals surface area contributed by atoms with Gasteiger partial charge in [-0.1, -0.05) is 6.07 Å². The molecule has 0 aromatic carbocycles. The highest BCUT2D eigenvalue weighted by atomic mass is 16.2. The van der Waals surface area contributed by atoms with Gasteiger partial charge in [-0.25, -0.2) is 4.98 Å². The van der Waals surface area contributed by atoms with Gasteiger partial charge in [0, 0.05) is 25.3 Å². The first-order valence-electron chi connectivity index (χ1n) is 13.2. The zero-order valence-corrected chi connectivity index (χ0v) is 20.1. The number of rotatable bonds is 7. The summed E-state index contributed by atoms with van der Waals surface area (Å²) in [6, 6.07) is 6.07. The lowest BCUT2D eigenvalue weighted by Crippen LogP contribution is -2.40. The van der Waals surface area contributed by atoms with Crippen molar-refractivity contribution >= 4 is 17.5 Å². The fourth-order valence-corrected chi connectivity index (χ4v) is 8.32. The summed E-state index contributed by atoms with van der Waals surface area (Å²) < 4.78 is 1.76. The highest BCUT2D eigenvalue weighted by molar-refractivity contribution is 5.95. The Kier molecular flexibility index (Phi) is 4.49. The van der Waals surface area contributed by atoms with Crippen LogP contribution in [-0.2, 0) is 0 Å². The van der Waals surface area contributed by atoms with E-state index >= 15 is 0 Å². The van der Waals surface area contributed by atoms with Crippen molar-refractivity contribution in [2.24, 2.45) is 28.6 Å². The highest BCUT2D eigenvalue weighted by Crippen LogP contribution is 2.83. The van der Waals surface area contributed by atoms with Crippen molar-refractivity contribution in [2.45, 2.75) is 57.4 Å². The van der Waals surface area contributed by atoms with E-state index in [1.54, 1.807) is 10.6 Å². The molecule has 4 aliphatic carbocycles. The lowest BCUT2D eigenvalue weighted by molar-refractivity contribution is 0.0888. The van der Waals surface area contributed by atoms with Crippen molar-refractivity contribution in [3.63, 3.8) is 0 Å². The topological polar surface area (TPSA) is 78.7 Å². The maximum Gasteiger partial charge on any atom is 0.271 e. The van der Waals surface area contributed by atoms with Crippen LogP contribution in [0.2, 0.25) is 0 Å². The molecule has 7 nitrogen and oxygen atoms in total. The van der Waals surface area contributed by atoms with Gasteiger partial charge >= 0.3 is 0 Å². The predicted octanol–water partition coefficient (Wildman–Crippen LogP) is 3.10. The predicted molar refractivity (Wildman–Crippen MR) is 129 cm³/mol. The van der Waals surface area contributed by atoms with Crippen LogP contribution in [0, 0.1) is 28.6 Å². The molecule has 3 heterocycles. The molecule has 7 rings (SSSR count). The van der Waals surface area contributed by atoms with Gasteiger partial charge in [0.05, 0.1) is 0 Å². The van der Waals surface area contributed by atoms with Gasteiger partial charge < -0.3 is 15.5 Å². The molecule has 5 fully saturated rings. The second-order valence-corrected chi connectivity index (χ2v) is 12.1. The molecular formula is C27H35N5O2. The van der Waals surface area contributed by atoms with E-state index in [9.17, 15) is 9.59 Å². The van der Waals surface area contributed by atoms with Gasteiger partial charge in [0.15, 0.2) is 0 Å². The first-order chi connectivity index (χ1) is 16.5. The maximum absolute atomic E-state index is 13.2. The van der Waals surface area contributed by atoms with Crippen LogP contribution in [-0.4, -0.2) is 58.8 Å². The van der Waals surface area contributed by atoms with E-state index in [0.29, 0.717) is 40.5 Å². The van der Waals surface area contributed by atoms with Crippen LogP contribution in [0.1, 0.15) is 72.3 Å². The zero-order valence-electron chi connectivity index (χ0n) is 20.1. The Morgan fingerprint density at radius 2 is 2.09 bits per heavy atom. The summed E-state index contributed by atoms with van der Waals surface area (Å²) in [5.74, 6) is 2.61. The van der Waals surface area contributed by atoms with Crippen LogP contribution < -0.4 is 10.6 Å². The Hall–Kier alpha value is -2.41. The average molecular weight is 462 g/mol. The largest absolute Gasteiger partial charge is 0.351 e. The molecule has 1 spiro atoms. The average Bonchev–Trinajstić information content (AvgIpc) is 3.56. The van der Waals surface area contributed by atoms with Crippen LogP contribution in [0.3, 0.4) is 0 Å². The number of nitrogens with one attached hydrogen (secondary N) is 2. The van der Waals surface area contributed by atoms with Gasteiger partial charge in [-0.05, 0) is 106 Å². The normalized spacial score (nSPS) is 37.3. The minimum Gasteiger partial charge on any atom is -0.351 e. The molecule has 6 unspecified atom stereocenters. The molecule has 1 saturated heterocycles. The Labute approximate surface area is 200 Å². The molecule has 4 saturated carbocycles. The molecule has 2 aromatic heterocycles. The molecule has 180 valence electrons. The summed E-state index contributed by atoms with van der Waals surface area (Å²) in [5.41, 5.74) is 2.52. The molecular weight excluding hydrogens is 426 g/mol. The van der Waals surface area contributed by atoms with Gasteiger partial charge in [0.1, 0.15) is 17.0 Å². The van der Waals surface area contributed by atoms with Gasteiger partial charge in [-0.2, -0.15) is 0 Å². The summed E-state index contributed by atoms with van der Waals surface area (Å²) in [6.45, 7) is 2.56. The molecule has 2 amide bonds. The van der Waals surface area contributed by atoms with Gasteiger partial charge in [-0.15, -0.1) is 0 Å². The summed E-state index contributed by atoms with van der Waals surface area (Å²) in [6.07, 6.45) is 11.9. The molecule has 7 heteroatoms. The molecule has 6 atom stereocenters.